The van der Waals surface area contributed by atoms with Crippen LogP contribution in [0.15, 0.2) is 72.9 Å². The van der Waals surface area contributed by atoms with Gasteiger partial charge in [-0.1, -0.05) is 274 Å². The SMILES string of the molecule is CC/C=C\C/C=C\C/C=C\C/C=C\C/C=C\CCCCCCCCCCCCCC(=O)NC(COP(=O)(O)OCC[N+](C)(C)C)C(/C=C\CCCCCCCCCCC)OC(=O)CCCCCCCCCCCCCCC. The molecule has 77 heavy (non-hydrogen) atoms. The molecule has 0 aromatic rings. The van der Waals surface area contributed by atoms with Gasteiger partial charge in [0.1, 0.15) is 19.3 Å². The van der Waals surface area contributed by atoms with Gasteiger partial charge in [-0.05, 0) is 76.7 Å². The molecule has 3 unspecified atom stereocenters. The molecule has 448 valence electrons. The molecule has 0 saturated heterocycles. The van der Waals surface area contributed by atoms with E-state index in [4.69, 9.17) is 13.8 Å². The number of likely N-dealkylation sites (N-methyl/N-ethyl adjacent to an activating group) is 1. The number of allylic oxidation sites excluding steroid dienone is 11. The Balaban J connectivity index is 5.02. The Morgan fingerprint density at radius 1 is 0.468 bits per heavy atom. The lowest BCUT2D eigenvalue weighted by Gasteiger charge is -2.27. The van der Waals surface area contributed by atoms with Crippen molar-refractivity contribution in [1.82, 2.24) is 5.32 Å². The smallest absolute Gasteiger partial charge is 0.456 e. The van der Waals surface area contributed by atoms with Gasteiger partial charge in [-0.3, -0.25) is 18.6 Å². The molecule has 0 rings (SSSR count). The molecule has 0 aliphatic carbocycles. The first-order chi connectivity index (χ1) is 37.4. The highest BCUT2D eigenvalue weighted by Gasteiger charge is 2.30. The molecule has 0 bridgehead atoms. The summed E-state index contributed by atoms with van der Waals surface area (Å²) in [4.78, 5) is 37.7. The molecule has 0 spiro atoms. The van der Waals surface area contributed by atoms with E-state index in [0.717, 1.165) is 89.9 Å². The van der Waals surface area contributed by atoms with Crippen LogP contribution in [0.25, 0.3) is 0 Å². The molecule has 0 radical (unpaired) electrons. The van der Waals surface area contributed by atoms with Gasteiger partial charge in [0.2, 0.25) is 5.91 Å². The summed E-state index contributed by atoms with van der Waals surface area (Å²) < 4.78 is 30.7. The lowest BCUT2D eigenvalue weighted by Crippen LogP contribution is -2.47. The molecule has 0 heterocycles. The van der Waals surface area contributed by atoms with E-state index in [-0.39, 0.29) is 25.1 Å². The lowest BCUT2D eigenvalue weighted by atomic mass is 10.0. The molecule has 0 fully saturated rings. The number of rotatable bonds is 58. The van der Waals surface area contributed by atoms with Crippen molar-refractivity contribution in [3.8, 4) is 0 Å². The molecular weight excluding hydrogens is 976 g/mol. The third-order valence-electron chi connectivity index (χ3n) is 14.2. The van der Waals surface area contributed by atoms with Gasteiger partial charge < -0.3 is 19.4 Å². The lowest BCUT2D eigenvalue weighted by molar-refractivity contribution is -0.870. The number of nitrogens with one attached hydrogen (secondary N) is 1. The summed E-state index contributed by atoms with van der Waals surface area (Å²) in [6, 6.07) is -0.849. The van der Waals surface area contributed by atoms with Gasteiger partial charge >= 0.3 is 13.8 Å². The summed E-state index contributed by atoms with van der Waals surface area (Å²) in [5.41, 5.74) is 0. The van der Waals surface area contributed by atoms with Crippen LogP contribution in [0.4, 0.5) is 0 Å². The number of ether oxygens (including phenoxy) is 1. The Labute approximate surface area is 476 Å². The van der Waals surface area contributed by atoms with E-state index >= 15 is 0 Å². The number of quaternary nitrogens is 1. The summed E-state index contributed by atoms with van der Waals surface area (Å²) in [6.07, 6.45) is 73.3. The minimum atomic E-state index is -4.45. The molecule has 10 heteroatoms. The van der Waals surface area contributed by atoms with Crippen LogP contribution < -0.4 is 5.32 Å². The first-order valence-corrected chi connectivity index (χ1v) is 33.8. The largest absolute Gasteiger partial charge is 0.472 e. The summed E-state index contributed by atoms with van der Waals surface area (Å²) >= 11 is 0. The van der Waals surface area contributed by atoms with Crippen molar-refractivity contribution >= 4 is 19.7 Å². The van der Waals surface area contributed by atoms with Gasteiger partial charge in [-0.15, -0.1) is 0 Å². The van der Waals surface area contributed by atoms with Gasteiger partial charge in [0, 0.05) is 12.8 Å². The number of hydrogen-bond acceptors (Lipinski definition) is 6. The summed E-state index contributed by atoms with van der Waals surface area (Å²) in [5, 5.41) is 3.06. The van der Waals surface area contributed by atoms with Crippen molar-refractivity contribution < 1.29 is 37.3 Å². The number of carbonyl (C=O) groups is 2. The number of esters is 1. The maximum atomic E-state index is 13.6. The average molecular weight is 1100 g/mol. The first-order valence-electron chi connectivity index (χ1n) is 32.3. The Morgan fingerprint density at radius 2 is 0.831 bits per heavy atom. The maximum absolute atomic E-state index is 13.6. The molecule has 9 nitrogen and oxygen atoms in total. The van der Waals surface area contributed by atoms with Crippen molar-refractivity contribution in [2.75, 3.05) is 40.9 Å². The molecule has 0 aliphatic heterocycles. The van der Waals surface area contributed by atoms with E-state index in [9.17, 15) is 19.0 Å². The van der Waals surface area contributed by atoms with Crippen molar-refractivity contribution in [2.45, 2.75) is 303 Å². The fraction of sp³-hybridized carbons (Fsp3) is 0.791. The van der Waals surface area contributed by atoms with Gasteiger partial charge in [-0.2, -0.15) is 0 Å². The Morgan fingerprint density at radius 3 is 1.25 bits per heavy atom. The third-order valence-corrected chi connectivity index (χ3v) is 15.1. The molecular formula is C67H124N2O7P+. The second-order valence-corrected chi connectivity index (χ2v) is 24.4. The minimum absolute atomic E-state index is 0.0392. The number of nitrogens with zero attached hydrogens (tertiary/aromatic N) is 1. The maximum Gasteiger partial charge on any atom is 0.472 e. The fourth-order valence-electron chi connectivity index (χ4n) is 9.20. The number of unbranched alkanes of at least 4 members (excludes halogenated alkanes) is 32. The van der Waals surface area contributed by atoms with E-state index in [1.807, 2.05) is 33.3 Å². The minimum Gasteiger partial charge on any atom is -0.456 e. The Bertz CT molecular complexity index is 1550. The number of phosphoric acid groups is 1. The second-order valence-electron chi connectivity index (χ2n) is 22.9. The van der Waals surface area contributed by atoms with Crippen LogP contribution in [0.1, 0.15) is 290 Å². The number of hydrogen-bond donors (Lipinski definition) is 2. The zero-order valence-electron chi connectivity index (χ0n) is 51.2. The Hall–Kier alpha value is -2.55. The van der Waals surface area contributed by atoms with Crippen molar-refractivity contribution in [1.29, 1.82) is 0 Å². The van der Waals surface area contributed by atoms with Crippen LogP contribution in [-0.2, 0) is 27.9 Å². The molecule has 0 aromatic heterocycles. The molecule has 2 N–H and O–H groups in total. The highest BCUT2D eigenvalue weighted by Crippen LogP contribution is 2.43. The van der Waals surface area contributed by atoms with Gasteiger partial charge in [0.05, 0.1) is 33.8 Å². The topological polar surface area (TPSA) is 111 Å². The van der Waals surface area contributed by atoms with Crippen LogP contribution in [0.2, 0.25) is 0 Å². The van der Waals surface area contributed by atoms with Crippen LogP contribution in [0.5, 0.6) is 0 Å². The van der Waals surface area contributed by atoms with E-state index in [2.05, 4.69) is 86.8 Å². The van der Waals surface area contributed by atoms with Crippen LogP contribution in [0, 0.1) is 0 Å². The monoisotopic (exact) mass is 1100 g/mol. The van der Waals surface area contributed by atoms with Crippen molar-refractivity contribution in [3.63, 3.8) is 0 Å². The predicted molar refractivity (Wildman–Crippen MR) is 332 cm³/mol. The zero-order chi connectivity index (χ0) is 56.4. The predicted octanol–water partition coefficient (Wildman–Crippen LogP) is 20.0. The highest BCUT2D eigenvalue weighted by atomic mass is 31.2. The quantitative estimate of drug-likeness (QED) is 0.0205. The zero-order valence-corrected chi connectivity index (χ0v) is 52.1. The number of phosphoric ester groups is 1. The molecule has 0 saturated carbocycles. The Kier molecular flexibility index (Phi) is 54.8. The van der Waals surface area contributed by atoms with Crippen LogP contribution in [-0.4, -0.2) is 74.3 Å². The van der Waals surface area contributed by atoms with Crippen LogP contribution in [0.3, 0.4) is 0 Å². The molecule has 0 aliphatic rings. The summed E-state index contributed by atoms with van der Waals surface area (Å²) in [7, 11) is 1.50. The molecule has 3 atom stereocenters. The summed E-state index contributed by atoms with van der Waals surface area (Å²) in [5.74, 6) is -0.503. The van der Waals surface area contributed by atoms with Gasteiger partial charge in [-0.25, -0.2) is 4.57 Å². The summed E-state index contributed by atoms with van der Waals surface area (Å²) in [6.45, 7) is 6.91. The average Bonchev–Trinajstić information content (AvgIpc) is 3.39. The normalized spacial score (nSPS) is 14.1. The van der Waals surface area contributed by atoms with Crippen LogP contribution >= 0.6 is 7.82 Å². The molecule has 0 aromatic carbocycles. The van der Waals surface area contributed by atoms with E-state index in [0.29, 0.717) is 23.9 Å². The molecule has 1 amide bonds. The highest BCUT2D eigenvalue weighted by molar-refractivity contribution is 7.47. The van der Waals surface area contributed by atoms with Crippen molar-refractivity contribution in [2.24, 2.45) is 0 Å². The van der Waals surface area contributed by atoms with E-state index < -0.39 is 20.0 Å². The van der Waals surface area contributed by atoms with Crippen molar-refractivity contribution in [3.05, 3.63) is 72.9 Å². The standard InChI is InChI=1S/C67H123N2O7P/c1-7-10-13-16-19-22-25-27-28-29-30-31-32-33-34-35-36-37-38-39-40-42-44-47-50-53-56-59-66(70)68-64(63-75-77(72,73)74-62-61-69(4,5)6)65(58-55-52-49-46-43-24-21-18-15-12-9-3)76-67(71)60-57-54-51-48-45-41-26-23-20-17-14-11-8-2/h10,13,19,22,27-28,30-31,33-34,55,58,64-65H,7-9,11-12,14-18,20-21,23-26,29,32,35-54,56-57,59-63H2,1-6H3,(H-,68,70,72,73)/p+1/b13-10-,22-19-,28-27-,31-30-,34-33-,58-55-. The number of amides is 1. The van der Waals surface area contributed by atoms with E-state index in [1.165, 1.54) is 167 Å². The second kappa shape index (κ2) is 56.7. The van der Waals surface area contributed by atoms with E-state index in [1.54, 1.807) is 0 Å². The number of carbonyl (C=O) groups excluding carboxylic acids is 2. The van der Waals surface area contributed by atoms with Gasteiger partial charge in [0.15, 0.2) is 0 Å². The third kappa shape index (κ3) is 57.9. The first kappa shape index (κ1) is 74.5. The fourth-order valence-corrected chi connectivity index (χ4v) is 9.94. The van der Waals surface area contributed by atoms with Gasteiger partial charge in [0.25, 0.3) is 0 Å².